The van der Waals surface area contributed by atoms with Gasteiger partial charge in [-0.15, -0.1) is 0 Å². The van der Waals surface area contributed by atoms with Crippen LogP contribution in [0.3, 0.4) is 0 Å². The lowest BCUT2D eigenvalue weighted by atomic mass is 10.0. The van der Waals surface area contributed by atoms with Crippen LogP contribution in [0.25, 0.3) is 16.8 Å². The molecule has 0 aliphatic carbocycles. The average Bonchev–Trinajstić information content (AvgIpc) is 3.13. The summed E-state index contributed by atoms with van der Waals surface area (Å²) in [6, 6.07) is 8.22. The smallest absolute Gasteiger partial charge is 0.163 e. The second kappa shape index (κ2) is 8.29. The van der Waals surface area contributed by atoms with Crippen molar-refractivity contribution in [1.29, 1.82) is 0 Å². The van der Waals surface area contributed by atoms with Crippen LogP contribution in [0.4, 0.5) is 0 Å². The van der Waals surface area contributed by atoms with Crippen LogP contribution >= 0.6 is 0 Å². The number of hydrogen-bond donors (Lipinski definition) is 0. The second-order valence-electron chi connectivity index (χ2n) is 7.67. The normalized spacial score (nSPS) is 16.0. The van der Waals surface area contributed by atoms with Gasteiger partial charge < -0.3 is 14.5 Å². The van der Waals surface area contributed by atoms with Gasteiger partial charge in [0, 0.05) is 45.1 Å². The molecule has 3 heterocycles. The van der Waals surface area contributed by atoms with E-state index in [0.29, 0.717) is 0 Å². The highest BCUT2D eigenvalue weighted by Gasteiger charge is 2.14. The highest BCUT2D eigenvalue weighted by Crippen LogP contribution is 2.30. The molecule has 0 unspecified atom stereocenters. The van der Waals surface area contributed by atoms with Gasteiger partial charge in [0.1, 0.15) is 5.75 Å². The van der Waals surface area contributed by atoms with Crippen molar-refractivity contribution in [2.45, 2.75) is 19.8 Å². The first-order valence-electron chi connectivity index (χ1n) is 10.0. The quantitative estimate of drug-likeness (QED) is 0.656. The summed E-state index contributed by atoms with van der Waals surface area (Å²) < 4.78 is 7.27. The Morgan fingerprint density at radius 3 is 2.71 bits per heavy atom. The molecule has 1 saturated heterocycles. The van der Waals surface area contributed by atoms with Crippen molar-refractivity contribution < 1.29 is 6.16 Å². The molecule has 1 aliphatic heterocycles. The molecule has 2 aromatic heterocycles. The number of rotatable bonds is 6. The number of likely N-dealkylation sites (N-methyl/N-ethyl adjacent to an activating group) is 1. The summed E-state index contributed by atoms with van der Waals surface area (Å²) in [6.07, 6.45) is 6.05. The lowest BCUT2D eigenvalue weighted by Gasteiger charge is -2.32. The highest BCUT2D eigenvalue weighted by molar-refractivity contribution is 5.79. The number of fused-ring (bicyclic) bond motifs is 1. The van der Waals surface area contributed by atoms with Crippen LogP contribution in [0.1, 0.15) is 19.1 Å². The van der Waals surface area contributed by atoms with E-state index in [4.69, 9.17) is 9.72 Å². The first-order chi connectivity index (χ1) is 13.6. The van der Waals surface area contributed by atoms with Gasteiger partial charge in [0.2, 0.25) is 0 Å². The minimum atomic E-state index is 0. The summed E-state index contributed by atoms with van der Waals surface area (Å²) in [7, 11) is 3.89. The Morgan fingerprint density at radius 2 is 1.93 bits per heavy atom. The van der Waals surface area contributed by atoms with Crippen LogP contribution in [0.15, 0.2) is 36.7 Å². The number of hydrogen-bond acceptors (Lipinski definition) is 5. The van der Waals surface area contributed by atoms with Gasteiger partial charge in [0.15, 0.2) is 5.65 Å². The van der Waals surface area contributed by atoms with Crippen LogP contribution in [-0.4, -0.2) is 71.3 Å². The molecule has 3 aromatic rings. The molecule has 4 rings (SSSR count). The van der Waals surface area contributed by atoms with Crippen molar-refractivity contribution in [2.24, 2.45) is 0 Å². The van der Waals surface area contributed by atoms with E-state index in [1.165, 1.54) is 31.7 Å². The van der Waals surface area contributed by atoms with Gasteiger partial charge in [-0.05, 0) is 62.7 Å². The SMILES string of the molecule is COc1ccc(C)c(-c2cnn3ccc(CCCN4CCN(C)CC4)nc23)c1.[HH]. The van der Waals surface area contributed by atoms with Gasteiger partial charge in [-0.3, -0.25) is 0 Å². The first kappa shape index (κ1) is 18.9. The largest absolute Gasteiger partial charge is 0.497 e. The van der Waals surface area contributed by atoms with Gasteiger partial charge in [-0.2, -0.15) is 5.10 Å². The van der Waals surface area contributed by atoms with E-state index in [-0.39, 0.29) is 1.43 Å². The van der Waals surface area contributed by atoms with Crippen LogP contribution in [0, 0.1) is 6.92 Å². The Balaban J connectivity index is 0.00000240. The van der Waals surface area contributed by atoms with Gasteiger partial charge in [0.25, 0.3) is 0 Å². The Kier molecular flexibility index (Phi) is 5.59. The fraction of sp³-hybridized carbons (Fsp3) is 0.455. The number of piperazine rings is 1. The number of ether oxygens (including phenoxy) is 1. The minimum absolute atomic E-state index is 0. The van der Waals surface area contributed by atoms with E-state index < -0.39 is 0 Å². The van der Waals surface area contributed by atoms with Crippen LogP contribution in [0.2, 0.25) is 0 Å². The molecule has 6 heteroatoms. The zero-order valence-electron chi connectivity index (χ0n) is 17.1. The molecule has 1 aliphatic rings. The fourth-order valence-corrected chi connectivity index (χ4v) is 3.81. The topological polar surface area (TPSA) is 45.9 Å². The standard InChI is InChI=1S/C22H29N5O.H2/c1-17-6-7-19(28-3)15-20(17)21-16-23-27-10-8-18(24-22(21)27)5-4-9-26-13-11-25(2)12-14-26;/h6-8,10,15-16H,4-5,9,11-14H2,1-3H3;1H. The molecule has 1 aromatic carbocycles. The molecule has 0 bridgehead atoms. The maximum atomic E-state index is 5.41. The molecule has 0 radical (unpaired) electrons. The molecular formula is C22H31N5O. The highest BCUT2D eigenvalue weighted by atomic mass is 16.5. The Labute approximate surface area is 168 Å². The van der Waals surface area contributed by atoms with Crippen molar-refractivity contribution >= 4 is 5.65 Å². The van der Waals surface area contributed by atoms with Gasteiger partial charge in [0.05, 0.1) is 13.3 Å². The van der Waals surface area contributed by atoms with Crippen molar-refractivity contribution in [2.75, 3.05) is 46.9 Å². The summed E-state index contributed by atoms with van der Waals surface area (Å²) >= 11 is 0. The fourth-order valence-electron chi connectivity index (χ4n) is 3.81. The van der Waals surface area contributed by atoms with Gasteiger partial charge >= 0.3 is 0 Å². The Hall–Kier alpha value is -2.44. The number of methoxy groups -OCH3 is 1. The van der Waals surface area contributed by atoms with Crippen LogP contribution in [-0.2, 0) is 6.42 Å². The van der Waals surface area contributed by atoms with E-state index >= 15 is 0 Å². The Bertz CT molecular complexity index is 950. The van der Waals surface area contributed by atoms with Crippen molar-refractivity contribution in [1.82, 2.24) is 24.4 Å². The summed E-state index contributed by atoms with van der Waals surface area (Å²) in [5.41, 5.74) is 5.41. The lowest BCUT2D eigenvalue weighted by Crippen LogP contribution is -2.44. The molecule has 150 valence electrons. The molecule has 0 spiro atoms. The molecule has 0 atom stereocenters. The maximum absolute atomic E-state index is 5.41. The van der Waals surface area contributed by atoms with Gasteiger partial charge in [-0.1, -0.05) is 6.07 Å². The summed E-state index contributed by atoms with van der Waals surface area (Å²) in [5.74, 6) is 0.850. The molecule has 28 heavy (non-hydrogen) atoms. The lowest BCUT2D eigenvalue weighted by molar-refractivity contribution is 0.153. The molecule has 0 saturated carbocycles. The average molecular weight is 382 g/mol. The van der Waals surface area contributed by atoms with E-state index in [1.807, 2.05) is 23.0 Å². The number of nitrogens with zero attached hydrogens (tertiary/aromatic N) is 5. The zero-order chi connectivity index (χ0) is 19.5. The molecular weight excluding hydrogens is 350 g/mol. The number of aryl methyl sites for hydroxylation is 2. The summed E-state index contributed by atoms with van der Waals surface area (Å²) in [4.78, 5) is 9.89. The zero-order valence-corrected chi connectivity index (χ0v) is 17.1. The molecule has 0 amide bonds. The summed E-state index contributed by atoms with van der Waals surface area (Å²) in [5, 5.41) is 4.49. The van der Waals surface area contributed by atoms with E-state index in [1.54, 1.807) is 7.11 Å². The van der Waals surface area contributed by atoms with Crippen molar-refractivity contribution in [3.63, 3.8) is 0 Å². The monoisotopic (exact) mass is 381 g/mol. The third-order valence-electron chi connectivity index (χ3n) is 5.66. The summed E-state index contributed by atoms with van der Waals surface area (Å²) in [6.45, 7) is 7.93. The predicted octanol–water partition coefficient (Wildman–Crippen LogP) is 3.14. The van der Waals surface area contributed by atoms with Crippen LogP contribution in [0.5, 0.6) is 5.75 Å². The second-order valence-corrected chi connectivity index (χ2v) is 7.67. The van der Waals surface area contributed by atoms with Crippen molar-refractivity contribution in [3.8, 4) is 16.9 Å². The third kappa shape index (κ3) is 4.03. The predicted molar refractivity (Wildman–Crippen MR) is 114 cm³/mol. The molecule has 6 nitrogen and oxygen atoms in total. The van der Waals surface area contributed by atoms with Crippen LogP contribution < -0.4 is 4.74 Å². The van der Waals surface area contributed by atoms with E-state index in [2.05, 4.69) is 47.1 Å². The molecule has 0 N–H and O–H groups in total. The van der Waals surface area contributed by atoms with E-state index in [9.17, 15) is 0 Å². The maximum Gasteiger partial charge on any atom is 0.163 e. The Morgan fingerprint density at radius 1 is 1.11 bits per heavy atom. The third-order valence-corrected chi connectivity index (χ3v) is 5.66. The number of benzene rings is 1. The van der Waals surface area contributed by atoms with E-state index in [0.717, 1.165) is 47.6 Å². The van der Waals surface area contributed by atoms with Crippen molar-refractivity contribution in [3.05, 3.63) is 47.9 Å². The minimum Gasteiger partial charge on any atom is -0.497 e. The number of aromatic nitrogens is 3. The first-order valence-corrected chi connectivity index (χ1v) is 10.0. The molecule has 1 fully saturated rings. The van der Waals surface area contributed by atoms with Gasteiger partial charge in [-0.25, -0.2) is 9.50 Å².